The summed E-state index contributed by atoms with van der Waals surface area (Å²) in [6.45, 7) is 0. The van der Waals surface area contributed by atoms with Gasteiger partial charge in [0, 0.05) is 5.56 Å². The SMILES string of the molecule is COC(=O)c1ccc(/C=C/c2ccc(-c3[nH]nnc3C#N)cc2)cc1. The molecule has 0 bridgehead atoms. The van der Waals surface area contributed by atoms with Crippen LogP contribution in [-0.2, 0) is 4.74 Å². The summed E-state index contributed by atoms with van der Waals surface area (Å²) in [6.07, 6.45) is 3.92. The molecule has 0 saturated carbocycles. The fourth-order valence-electron chi connectivity index (χ4n) is 2.31. The third-order valence-electron chi connectivity index (χ3n) is 3.65. The van der Waals surface area contributed by atoms with Crippen molar-refractivity contribution >= 4 is 18.1 Å². The zero-order valence-corrected chi connectivity index (χ0v) is 13.4. The summed E-state index contributed by atoms with van der Waals surface area (Å²) in [4.78, 5) is 11.4. The van der Waals surface area contributed by atoms with Crippen LogP contribution < -0.4 is 0 Å². The standard InChI is InChI=1S/C19H14N4O2/c1-25-19(24)16-10-6-14(7-11-16)3-2-13-4-8-15(9-5-13)18-17(12-20)21-23-22-18/h2-11H,1H3,(H,21,22,23)/b3-2+. The zero-order valence-electron chi connectivity index (χ0n) is 13.4. The molecule has 0 saturated heterocycles. The van der Waals surface area contributed by atoms with Crippen molar-refractivity contribution < 1.29 is 9.53 Å². The Bertz CT molecular complexity index is 948. The highest BCUT2D eigenvalue weighted by molar-refractivity contribution is 5.89. The molecule has 0 radical (unpaired) electrons. The topological polar surface area (TPSA) is 91.7 Å². The lowest BCUT2D eigenvalue weighted by Crippen LogP contribution is -2.00. The van der Waals surface area contributed by atoms with Gasteiger partial charge in [-0.15, -0.1) is 5.10 Å². The lowest BCUT2D eigenvalue weighted by molar-refractivity contribution is 0.0600. The molecule has 1 heterocycles. The van der Waals surface area contributed by atoms with E-state index in [1.54, 1.807) is 12.1 Å². The Kier molecular flexibility index (Phi) is 4.67. The molecule has 0 fully saturated rings. The predicted octanol–water partition coefficient (Wildman–Crippen LogP) is 3.30. The van der Waals surface area contributed by atoms with Gasteiger partial charge in [0.2, 0.25) is 0 Å². The Morgan fingerprint density at radius 1 is 1.08 bits per heavy atom. The lowest BCUT2D eigenvalue weighted by Gasteiger charge is -2.00. The van der Waals surface area contributed by atoms with Crippen LogP contribution in [0.5, 0.6) is 0 Å². The van der Waals surface area contributed by atoms with Crippen LogP contribution in [-0.4, -0.2) is 28.5 Å². The minimum atomic E-state index is -0.351. The quantitative estimate of drug-likeness (QED) is 0.585. The second-order valence-electron chi connectivity index (χ2n) is 5.22. The molecule has 0 unspecified atom stereocenters. The number of carbonyl (C=O) groups is 1. The van der Waals surface area contributed by atoms with Gasteiger partial charge in [-0.3, -0.25) is 5.10 Å². The number of ether oxygens (including phenoxy) is 1. The molecule has 0 aliphatic carbocycles. The number of aromatic nitrogens is 3. The highest BCUT2D eigenvalue weighted by Crippen LogP contribution is 2.20. The molecule has 0 aliphatic heterocycles. The summed E-state index contributed by atoms with van der Waals surface area (Å²) in [5, 5.41) is 19.1. The minimum absolute atomic E-state index is 0.272. The van der Waals surface area contributed by atoms with Crippen LogP contribution in [0.3, 0.4) is 0 Å². The molecule has 3 aromatic rings. The number of carbonyl (C=O) groups excluding carboxylic acids is 1. The largest absolute Gasteiger partial charge is 0.465 e. The highest BCUT2D eigenvalue weighted by Gasteiger charge is 2.08. The van der Waals surface area contributed by atoms with Gasteiger partial charge >= 0.3 is 5.97 Å². The minimum Gasteiger partial charge on any atom is -0.465 e. The summed E-state index contributed by atoms with van der Waals surface area (Å²) < 4.78 is 4.68. The Hall–Kier alpha value is -3.72. The summed E-state index contributed by atoms with van der Waals surface area (Å²) >= 11 is 0. The van der Waals surface area contributed by atoms with Gasteiger partial charge in [0.1, 0.15) is 11.8 Å². The first-order valence-electron chi connectivity index (χ1n) is 7.49. The van der Waals surface area contributed by atoms with Gasteiger partial charge in [0.05, 0.1) is 12.7 Å². The van der Waals surface area contributed by atoms with E-state index in [0.29, 0.717) is 11.3 Å². The van der Waals surface area contributed by atoms with Gasteiger partial charge in [-0.1, -0.05) is 53.8 Å². The molecule has 2 aromatic carbocycles. The molecule has 1 N–H and O–H groups in total. The Labute approximate surface area is 144 Å². The smallest absolute Gasteiger partial charge is 0.337 e. The zero-order chi connectivity index (χ0) is 17.6. The van der Waals surface area contributed by atoms with Crippen molar-refractivity contribution in [2.75, 3.05) is 7.11 Å². The second-order valence-corrected chi connectivity index (χ2v) is 5.22. The number of aromatic amines is 1. The van der Waals surface area contributed by atoms with E-state index in [2.05, 4.69) is 20.1 Å². The number of hydrogen-bond acceptors (Lipinski definition) is 5. The van der Waals surface area contributed by atoms with Crippen molar-refractivity contribution in [3.8, 4) is 17.3 Å². The lowest BCUT2D eigenvalue weighted by atomic mass is 10.1. The van der Waals surface area contributed by atoms with Crippen molar-refractivity contribution in [2.45, 2.75) is 0 Å². The summed E-state index contributed by atoms with van der Waals surface area (Å²) in [5.74, 6) is -0.351. The van der Waals surface area contributed by atoms with Crippen LogP contribution in [0.4, 0.5) is 0 Å². The van der Waals surface area contributed by atoms with E-state index in [1.165, 1.54) is 7.11 Å². The van der Waals surface area contributed by atoms with Crippen LogP contribution in [0, 0.1) is 11.3 Å². The van der Waals surface area contributed by atoms with Gasteiger partial charge in [-0.2, -0.15) is 5.26 Å². The number of H-pyrrole nitrogens is 1. The molecule has 6 heteroatoms. The number of benzene rings is 2. The molecular weight excluding hydrogens is 316 g/mol. The second kappa shape index (κ2) is 7.23. The third kappa shape index (κ3) is 3.62. The maximum Gasteiger partial charge on any atom is 0.337 e. The van der Waals surface area contributed by atoms with Crippen molar-refractivity contribution in [3.05, 3.63) is 70.9 Å². The van der Waals surface area contributed by atoms with Crippen LogP contribution in [0.15, 0.2) is 48.5 Å². The van der Waals surface area contributed by atoms with Crippen LogP contribution in [0.2, 0.25) is 0 Å². The maximum atomic E-state index is 11.4. The number of rotatable bonds is 4. The average Bonchev–Trinajstić information content (AvgIpc) is 3.15. The summed E-state index contributed by atoms with van der Waals surface area (Å²) in [5.41, 5.74) is 4.23. The normalized spacial score (nSPS) is 10.6. The van der Waals surface area contributed by atoms with Crippen LogP contribution in [0.1, 0.15) is 27.2 Å². The first-order valence-corrected chi connectivity index (χ1v) is 7.49. The van der Waals surface area contributed by atoms with Gasteiger partial charge in [0.15, 0.2) is 5.69 Å². The van der Waals surface area contributed by atoms with Gasteiger partial charge in [-0.25, -0.2) is 4.79 Å². The summed E-state index contributed by atoms with van der Waals surface area (Å²) in [6, 6.07) is 16.8. The fourth-order valence-corrected chi connectivity index (χ4v) is 2.31. The van der Waals surface area contributed by atoms with E-state index in [4.69, 9.17) is 5.26 Å². The van der Waals surface area contributed by atoms with Crippen molar-refractivity contribution in [2.24, 2.45) is 0 Å². The number of nitriles is 1. The molecule has 6 nitrogen and oxygen atoms in total. The predicted molar refractivity (Wildman–Crippen MR) is 93.2 cm³/mol. The fraction of sp³-hybridized carbons (Fsp3) is 0.0526. The van der Waals surface area contributed by atoms with Crippen LogP contribution in [0.25, 0.3) is 23.4 Å². The number of methoxy groups -OCH3 is 1. The van der Waals surface area contributed by atoms with Gasteiger partial charge in [0.25, 0.3) is 0 Å². The number of nitrogens with one attached hydrogen (secondary N) is 1. The molecule has 1 aromatic heterocycles. The van der Waals surface area contributed by atoms with Crippen molar-refractivity contribution in [1.29, 1.82) is 5.26 Å². The Balaban J connectivity index is 1.74. The molecule has 122 valence electrons. The van der Waals surface area contributed by atoms with E-state index in [1.807, 2.05) is 54.6 Å². The first-order chi connectivity index (χ1) is 12.2. The van der Waals surface area contributed by atoms with E-state index in [0.717, 1.165) is 16.7 Å². The molecular formula is C19H14N4O2. The van der Waals surface area contributed by atoms with E-state index >= 15 is 0 Å². The number of nitrogens with zero attached hydrogens (tertiary/aromatic N) is 3. The molecule has 0 aliphatic rings. The molecule has 25 heavy (non-hydrogen) atoms. The van der Waals surface area contributed by atoms with Gasteiger partial charge < -0.3 is 4.74 Å². The number of hydrogen-bond donors (Lipinski definition) is 1. The monoisotopic (exact) mass is 330 g/mol. The van der Waals surface area contributed by atoms with E-state index in [-0.39, 0.29) is 11.7 Å². The highest BCUT2D eigenvalue weighted by atomic mass is 16.5. The molecule has 0 atom stereocenters. The van der Waals surface area contributed by atoms with Gasteiger partial charge in [-0.05, 0) is 23.3 Å². The molecule has 0 spiro atoms. The molecule has 3 rings (SSSR count). The first kappa shape index (κ1) is 16.1. The maximum absolute atomic E-state index is 11.4. The van der Waals surface area contributed by atoms with E-state index < -0.39 is 0 Å². The summed E-state index contributed by atoms with van der Waals surface area (Å²) in [7, 11) is 1.36. The average molecular weight is 330 g/mol. The molecule has 0 amide bonds. The third-order valence-corrected chi connectivity index (χ3v) is 3.65. The van der Waals surface area contributed by atoms with Crippen molar-refractivity contribution in [3.63, 3.8) is 0 Å². The number of esters is 1. The van der Waals surface area contributed by atoms with Crippen molar-refractivity contribution in [1.82, 2.24) is 15.4 Å². The van der Waals surface area contributed by atoms with Crippen LogP contribution >= 0.6 is 0 Å². The Morgan fingerprint density at radius 2 is 1.68 bits per heavy atom. The Morgan fingerprint density at radius 3 is 2.24 bits per heavy atom. The van der Waals surface area contributed by atoms with E-state index in [9.17, 15) is 4.79 Å².